The van der Waals surface area contributed by atoms with Crippen LogP contribution in [0.25, 0.3) is 0 Å². The van der Waals surface area contributed by atoms with Crippen LogP contribution in [0.2, 0.25) is 0 Å². The molecule has 1 aliphatic carbocycles. The molecule has 4 N–H and O–H groups in total. The minimum atomic E-state index is -0.543. The fourth-order valence-electron chi connectivity index (χ4n) is 4.61. The number of β-lactam (4-membered cyclic amide) rings is 1. The van der Waals surface area contributed by atoms with Crippen molar-refractivity contribution < 1.29 is 9.59 Å². The van der Waals surface area contributed by atoms with Crippen LogP contribution in [0, 0.1) is 5.92 Å². The van der Waals surface area contributed by atoms with E-state index < -0.39 is 12.1 Å². The first-order chi connectivity index (χ1) is 12.9. The molecule has 1 aromatic heterocycles. The summed E-state index contributed by atoms with van der Waals surface area (Å²) in [5, 5.41) is 16.9. The second-order valence-electron chi connectivity index (χ2n) is 8.31. The predicted octanol–water partition coefficient (Wildman–Crippen LogP) is 0.717. The average molecular weight is 394 g/mol. The fraction of sp³-hybridized carbons (Fsp3) is 0.824. The molecule has 10 heteroatoms. The Bertz CT molecular complexity index is 702. The number of rotatable bonds is 4. The van der Waals surface area contributed by atoms with E-state index in [0.29, 0.717) is 5.82 Å². The number of amides is 2. The Hall–Kier alpha value is -1.68. The van der Waals surface area contributed by atoms with Crippen LogP contribution in [0.1, 0.15) is 64.2 Å². The van der Waals surface area contributed by atoms with E-state index in [0.717, 1.165) is 25.7 Å². The number of thioether (sulfide) groups is 1. The largest absolute Gasteiger partial charge is 0.340 e. The summed E-state index contributed by atoms with van der Waals surface area (Å²) in [5.41, 5.74) is 6.25. The molecule has 2 amide bonds. The summed E-state index contributed by atoms with van der Waals surface area (Å²) in [6.45, 7) is 4.12. The molecule has 3 heterocycles. The summed E-state index contributed by atoms with van der Waals surface area (Å²) in [5.74, 6) is 0.478. The molecule has 27 heavy (non-hydrogen) atoms. The van der Waals surface area contributed by atoms with Crippen LogP contribution in [-0.2, 0) is 9.59 Å². The summed E-state index contributed by atoms with van der Waals surface area (Å²) in [4.78, 5) is 27.3. The smallest absolute Gasteiger partial charge is 0.249 e. The highest BCUT2D eigenvalue weighted by atomic mass is 32.2. The molecule has 4 atom stereocenters. The SMILES string of the molecule is CC1(C)S[C@@H]2C(NC(=O)C(N)C3CCCCCC3)C(=O)N2C1c1nnn[nH]1. The maximum atomic E-state index is 12.8. The Labute approximate surface area is 162 Å². The quantitative estimate of drug-likeness (QED) is 0.507. The molecule has 148 valence electrons. The Balaban J connectivity index is 1.43. The second-order valence-corrected chi connectivity index (χ2v) is 10.1. The third-order valence-electron chi connectivity index (χ3n) is 6.07. The summed E-state index contributed by atoms with van der Waals surface area (Å²) < 4.78 is -0.260. The molecule has 2 aliphatic heterocycles. The lowest BCUT2D eigenvalue weighted by molar-refractivity contribution is -0.152. The molecule has 4 rings (SSSR count). The van der Waals surface area contributed by atoms with Crippen molar-refractivity contribution in [3.8, 4) is 0 Å². The molecule has 1 aromatic rings. The van der Waals surface area contributed by atoms with Crippen molar-refractivity contribution in [2.45, 2.75) is 80.6 Å². The molecule has 1 saturated carbocycles. The summed E-state index contributed by atoms with van der Waals surface area (Å²) in [6, 6.07) is -1.31. The van der Waals surface area contributed by atoms with Crippen LogP contribution in [0.5, 0.6) is 0 Å². The van der Waals surface area contributed by atoms with Crippen molar-refractivity contribution in [3.63, 3.8) is 0 Å². The highest BCUT2D eigenvalue weighted by molar-refractivity contribution is 8.01. The normalized spacial score (nSPS) is 31.7. The topological polar surface area (TPSA) is 130 Å². The third-order valence-corrected chi connectivity index (χ3v) is 7.64. The van der Waals surface area contributed by atoms with Gasteiger partial charge in [0.15, 0.2) is 5.82 Å². The number of H-pyrrole nitrogens is 1. The minimum absolute atomic E-state index is 0.0964. The zero-order valence-electron chi connectivity index (χ0n) is 15.7. The first kappa shape index (κ1) is 18.7. The van der Waals surface area contributed by atoms with Gasteiger partial charge in [0.2, 0.25) is 11.8 Å². The van der Waals surface area contributed by atoms with E-state index in [1.807, 2.05) is 0 Å². The Morgan fingerprint density at radius 3 is 2.67 bits per heavy atom. The predicted molar refractivity (Wildman–Crippen MR) is 100 cm³/mol. The van der Waals surface area contributed by atoms with Gasteiger partial charge in [0.1, 0.15) is 17.5 Å². The number of nitrogens with zero attached hydrogens (tertiary/aromatic N) is 4. The average Bonchev–Trinajstić information content (AvgIpc) is 3.13. The lowest BCUT2D eigenvalue weighted by atomic mass is 9.91. The van der Waals surface area contributed by atoms with E-state index in [1.54, 1.807) is 16.7 Å². The van der Waals surface area contributed by atoms with Crippen LogP contribution in [0.3, 0.4) is 0 Å². The van der Waals surface area contributed by atoms with Gasteiger partial charge in [-0.25, -0.2) is 5.10 Å². The Morgan fingerprint density at radius 1 is 1.33 bits per heavy atom. The molecule has 0 radical (unpaired) electrons. The number of aromatic amines is 1. The van der Waals surface area contributed by atoms with Gasteiger partial charge in [0.25, 0.3) is 0 Å². The van der Waals surface area contributed by atoms with Gasteiger partial charge in [-0.1, -0.05) is 25.7 Å². The van der Waals surface area contributed by atoms with E-state index in [9.17, 15) is 9.59 Å². The van der Waals surface area contributed by atoms with Crippen molar-refractivity contribution in [1.29, 1.82) is 0 Å². The van der Waals surface area contributed by atoms with Crippen LogP contribution in [0.4, 0.5) is 0 Å². The van der Waals surface area contributed by atoms with Gasteiger partial charge in [-0.05, 0) is 43.0 Å². The van der Waals surface area contributed by atoms with Gasteiger partial charge < -0.3 is 16.0 Å². The van der Waals surface area contributed by atoms with Crippen LogP contribution >= 0.6 is 11.8 Å². The fourth-order valence-corrected chi connectivity index (χ4v) is 6.24. The van der Waals surface area contributed by atoms with Crippen LogP contribution < -0.4 is 11.1 Å². The van der Waals surface area contributed by atoms with Gasteiger partial charge >= 0.3 is 0 Å². The number of tetrazole rings is 1. The van der Waals surface area contributed by atoms with Gasteiger partial charge in [0, 0.05) is 4.75 Å². The zero-order chi connectivity index (χ0) is 19.2. The number of carbonyl (C=O) groups is 2. The number of nitrogens with two attached hydrogens (primary N) is 1. The second kappa shape index (κ2) is 7.05. The van der Waals surface area contributed by atoms with E-state index in [-0.39, 0.29) is 33.9 Å². The number of aromatic nitrogens is 4. The highest BCUT2D eigenvalue weighted by Crippen LogP contribution is 2.56. The number of fused-ring (bicyclic) bond motifs is 1. The van der Waals surface area contributed by atoms with Crippen molar-refractivity contribution >= 4 is 23.6 Å². The third kappa shape index (κ3) is 3.22. The molecule has 3 fully saturated rings. The zero-order valence-corrected chi connectivity index (χ0v) is 16.5. The van der Waals surface area contributed by atoms with Gasteiger partial charge in [-0.2, -0.15) is 0 Å². The van der Waals surface area contributed by atoms with E-state index in [2.05, 4.69) is 39.8 Å². The molecule has 3 unspecified atom stereocenters. The van der Waals surface area contributed by atoms with Gasteiger partial charge in [0.05, 0.1) is 6.04 Å². The van der Waals surface area contributed by atoms with Crippen molar-refractivity contribution in [2.75, 3.05) is 0 Å². The number of nitrogens with one attached hydrogen (secondary N) is 2. The highest BCUT2D eigenvalue weighted by Gasteiger charge is 2.63. The van der Waals surface area contributed by atoms with Crippen LogP contribution in [-0.4, -0.2) is 59.5 Å². The van der Waals surface area contributed by atoms with Crippen molar-refractivity contribution in [2.24, 2.45) is 11.7 Å². The lowest BCUT2D eigenvalue weighted by Gasteiger charge is -2.44. The van der Waals surface area contributed by atoms with Gasteiger partial charge in [-0.3, -0.25) is 9.59 Å². The first-order valence-corrected chi connectivity index (χ1v) is 10.6. The molecule has 0 bridgehead atoms. The van der Waals surface area contributed by atoms with E-state index in [1.165, 1.54) is 12.8 Å². The summed E-state index contributed by atoms with van der Waals surface area (Å²) in [6.07, 6.45) is 6.66. The lowest BCUT2D eigenvalue weighted by Crippen LogP contribution is -2.69. The Morgan fingerprint density at radius 2 is 2.04 bits per heavy atom. The van der Waals surface area contributed by atoms with Gasteiger partial charge in [-0.15, -0.1) is 16.9 Å². The van der Waals surface area contributed by atoms with E-state index in [4.69, 9.17) is 5.73 Å². The molecule has 2 saturated heterocycles. The molecule has 0 aromatic carbocycles. The standard InChI is InChI=1S/C17H27N7O2S/c1-17(2)12(13-20-22-23-21-13)24-15(26)11(16(24)27-17)19-14(25)10(18)9-7-5-3-4-6-8-9/h9-12,16H,3-8,18H2,1-2H3,(H,19,25)(H,20,21,22,23)/t10?,11?,12?,16-/m1/s1. The molecule has 9 nitrogen and oxygen atoms in total. The molecule has 0 spiro atoms. The number of carbonyl (C=O) groups excluding carboxylic acids is 2. The van der Waals surface area contributed by atoms with Crippen molar-refractivity contribution in [1.82, 2.24) is 30.8 Å². The first-order valence-electron chi connectivity index (χ1n) is 9.70. The van der Waals surface area contributed by atoms with Crippen LogP contribution in [0.15, 0.2) is 0 Å². The number of hydrogen-bond donors (Lipinski definition) is 3. The maximum absolute atomic E-state index is 12.8. The summed E-state index contributed by atoms with van der Waals surface area (Å²) in [7, 11) is 0. The maximum Gasteiger partial charge on any atom is 0.249 e. The monoisotopic (exact) mass is 393 g/mol. The number of hydrogen-bond acceptors (Lipinski definition) is 7. The minimum Gasteiger partial charge on any atom is -0.340 e. The molecular formula is C17H27N7O2S. The Kier molecular flexibility index (Phi) is 4.87. The summed E-state index contributed by atoms with van der Waals surface area (Å²) >= 11 is 1.66. The molecular weight excluding hydrogens is 366 g/mol. The van der Waals surface area contributed by atoms with E-state index >= 15 is 0 Å². The molecule has 3 aliphatic rings. The van der Waals surface area contributed by atoms with Crippen molar-refractivity contribution in [3.05, 3.63) is 5.82 Å².